The molecule has 0 aromatic carbocycles. The predicted octanol–water partition coefficient (Wildman–Crippen LogP) is 5.44. The summed E-state index contributed by atoms with van der Waals surface area (Å²) in [7, 11) is 0. The van der Waals surface area contributed by atoms with Crippen molar-refractivity contribution in [2.45, 2.75) is 103 Å². The highest BCUT2D eigenvalue weighted by atomic mass is 16.7. The van der Waals surface area contributed by atoms with Gasteiger partial charge in [-0.05, 0) is 6.42 Å². The van der Waals surface area contributed by atoms with Crippen LogP contribution in [0.2, 0.25) is 0 Å². The Kier molecular flexibility index (Phi) is 12.5. The van der Waals surface area contributed by atoms with Gasteiger partial charge in [0.15, 0.2) is 0 Å². The Morgan fingerprint density at radius 2 is 1.78 bits per heavy atom. The Hall–Kier alpha value is -1.04. The molecule has 2 atom stereocenters. The molecule has 1 fully saturated rings. The van der Waals surface area contributed by atoms with E-state index in [2.05, 4.69) is 13.5 Å². The average Bonchev–Trinajstić information content (AvgIpc) is 2.63. The van der Waals surface area contributed by atoms with Crippen LogP contribution in [0.15, 0.2) is 24.7 Å². The highest BCUT2D eigenvalue weighted by Crippen LogP contribution is 2.26. The standard InChI is InChI=1S/C22H40O5/c1-5-7-8-9-10-11-12-13-15-24-19-16-20(18-26-22(3,4)23)27-21(17-19)25-14-6-2/h6,18-19,21,23H,2,5,7-17H2,1,3-4H3/b20-18+/t19?,21-/m0/s1. The summed E-state index contributed by atoms with van der Waals surface area (Å²) in [6, 6.07) is 0. The van der Waals surface area contributed by atoms with Gasteiger partial charge in [-0.2, -0.15) is 0 Å². The van der Waals surface area contributed by atoms with Gasteiger partial charge in [-0.3, -0.25) is 0 Å². The summed E-state index contributed by atoms with van der Waals surface area (Å²) in [6.07, 6.45) is 14.4. The van der Waals surface area contributed by atoms with E-state index in [-0.39, 0.29) is 12.4 Å². The van der Waals surface area contributed by atoms with Crippen LogP contribution in [0, 0.1) is 0 Å². The van der Waals surface area contributed by atoms with Crippen molar-refractivity contribution in [3.8, 4) is 0 Å². The van der Waals surface area contributed by atoms with Crippen LogP contribution in [-0.2, 0) is 18.9 Å². The van der Waals surface area contributed by atoms with Gasteiger partial charge in [0.1, 0.15) is 12.0 Å². The van der Waals surface area contributed by atoms with Crippen molar-refractivity contribution in [2.75, 3.05) is 13.2 Å². The highest BCUT2D eigenvalue weighted by Gasteiger charge is 2.28. The second-order valence-electron chi connectivity index (χ2n) is 7.73. The zero-order valence-corrected chi connectivity index (χ0v) is 17.6. The van der Waals surface area contributed by atoms with Gasteiger partial charge in [-0.25, -0.2) is 0 Å². The number of aliphatic hydroxyl groups is 1. The van der Waals surface area contributed by atoms with Gasteiger partial charge in [0.25, 0.3) is 0 Å². The number of ether oxygens (including phenoxy) is 4. The third-order valence-corrected chi connectivity index (χ3v) is 4.40. The van der Waals surface area contributed by atoms with Crippen molar-refractivity contribution in [1.82, 2.24) is 0 Å². The molecule has 1 rings (SSSR count). The van der Waals surface area contributed by atoms with Gasteiger partial charge < -0.3 is 24.1 Å². The van der Waals surface area contributed by atoms with E-state index in [1.165, 1.54) is 51.2 Å². The smallest absolute Gasteiger partial charge is 0.202 e. The Balaban J connectivity index is 2.31. The Bertz CT molecular complexity index is 413. The lowest BCUT2D eigenvalue weighted by atomic mass is 10.1. The van der Waals surface area contributed by atoms with Crippen molar-refractivity contribution >= 4 is 0 Å². The second kappa shape index (κ2) is 14.0. The number of unbranched alkanes of at least 4 members (excludes halogenated alkanes) is 7. The first-order chi connectivity index (χ1) is 12.9. The monoisotopic (exact) mass is 384 g/mol. The lowest BCUT2D eigenvalue weighted by molar-refractivity contribution is -0.172. The summed E-state index contributed by atoms with van der Waals surface area (Å²) in [4.78, 5) is 0. The van der Waals surface area contributed by atoms with Crippen LogP contribution in [0.4, 0.5) is 0 Å². The van der Waals surface area contributed by atoms with E-state index in [0.717, 1.165) is 13.0 Å². The molecule has 0 spiro atoms. The molecule has 5 nitrogen and oxygen atoms in total. The van der Waals surface area contributed by atoms with Gasteiger partial charge in [-0.1, -0.05) is 57.9 Å². The first kappa shape index (κ1) is 24.0. The van der Waals surface area contributed by atoms with Crippen LogP contribution in [0.25, 0.3) is 0 Å². The molecule has 1 unspecified atom stereocenters. The highest BCUT2D eigenvalue weighted by molar-refractivity contribution is 4.95. The van der Waals surface area contributed by atoms with Gasteiger partial charge in [0, 0.05) is 33.3 Å². The van der Waals surface area contributed by atoms with Crippen molar-refractivity contribution in [2.24, 2.45) is 0 Å². The number of rotatable bonds is 15. The normalized spacial score (nSPS) is 21.9. The molecule has 158 valence electrons. The van der Waals surface area contributed by atoms with E-state index < -0.39 is 5.79 Å². The fraction of sp³-hybridized carbons (Fsp3) is 0.818. The maximum Gasteiger partial charge on any atom is 0.202 e. The molecule has 1 saturated heterocycles. The molecular formula is C22H40O5. The van der Waals surface area contributed by atoms with Gasteiger partial charge in [0.05, 0.1) is 12.7 Å². The minimum absolute atomic E-state index is 0.0368. The number of hydrogen-bond acceptors (Lipinski definition) is 5. The average molecular weight is 385 g/mol. The third-order valence-electron chi connectivity index (χ3n) is 4.40. The molecule has 0 bridgehead atoms. The minimum Gasteiger partial charge on any atom is -0.467 e. The van der Waals surface area contributed by atoms with E-state index in [1.807, 2.05) is 0 Å². The van der Waals surface area contributed by atoms with Crippen LogP contribution >= 0.6 is 0 Å². The van der Waals surface area contributed by atoms with E-state index >= 15 is 0 Å². The second-order valence-corrected chi connectivity index (χ2v) is 7.73. The molecule has 0 amide bonds. The molecule has 1 aliphatic rings. The quantitative estimate of drug-likeness (QED) is 0.176. The molecule has 27 heavy (non-hydrogen) atoms. The molecule has 0 saturated carbocycles. The first-order valence-electron chi connectivity index (χ1n) is 10.5. The molecule has 5 heteroatoms. The fourth-order valence-corrected chi connectivity index (χ4v) is 2.96. The van der Waals surface area contributed by atoms with Crippen LogP contribution < -0.4 is 0 Å². The molecule has 0 radical (unpaired) electrons. The molecular weight excluding hydrogens is 344 g/mol. The maximum absolute atomic E-state index is 9.72. The summed E-state index contributed by atoms with van der Waals surface area (Å²) in [6.45, 7) is 10.3. The van der Waals surface area contributed by atoms with Crippen LogP contribution in [0.1, 0.15) is 85.0 Å². The maximum atomic E-state index is 9.72. The summed E-state index contributed by atoms with van der Waals surface area (Å²) in [5, 5.41) is 9.72. The Morgan fingerprint density at radius 1 is 1.11 bits per heavy atom. The summed E-state index contributed by atoms with van der Waals surface area (Å²) in [5.74, 6) is -0.600. The summed E-state index contributed by atoms with van der Waals surface area (Å²) >= 11 is 0. The van der Waals surface area contributed by atoms with E-state index in [9.17, 15) is 5.11 Å². The van der Waals surface area contributed by atoms with Crippen LogP contribution in [0.5, 0.6) is 0 Å². The zero-order chi connectivity index (χ0) is 20.0. The molecule has 1 N–H and O–H groups in total. The van der Waals surface area contributed by atoms with Crippen molar-refractivity contribution in [1.29, 1.82) is 0 Å². The van der Waals surface area contributed by atoms with Crippen LogP contribution in [0.3, 0.4) is 0 Å². The predicted molar refractivity (Wildman–Crippen MR) is 108 cm³/mol. The van der Waals surface area contributed by atoms with Crippen molar-refractivity contribution < 1.29 is 24.1 Å². The Labute approximate surface area is 165 Å². The fourth-order valence-electron chi connectivity index (χ4n) is 2.96. The number of hydrogen-bond donors (Lipinski definition) is 1. The van der Waals surface area contributed by atoms with Gasteiger partial charge in [-0.15, -0.1) is 6.58 Å². The summed E-state index contributed by atoms with van der Waals surface area (Å²) in [5.41, 5.74) is 0. The molecule has 0 aliphatic carbocycles. The van der Waals surface area contributed by atoms with E-state index in [4.69, 9.17) is 18.9 Å². The molecule has 0 aromatic heterocycles. The summed E-state index contributed by atoms with van der Waals surface area (Å²) < 4.78 is 22.8. The molecule has 0 aromatic rings. The Morgan fingerprint density at radius 3 is 2.41 bits per heavy atom. The minimum atomic E-state index is -1.24. The molecule has 1 heterocycles. The van der Waals surface area contributed by atoms with Gasteiger partial charge in [0.2, 0.25) is 12.1 Å². The first-order valence-corrected chi connectivity index (χ1v) is 10.5. The van der Waals surface area contributed by atoms with Crippen LogP contribution in [-0.4, -0.2) is 36.5 Å². The zero-order valence-electron chi connectivity index (χ0n) is 17.6. The van der Waals surface area contributed by atoms with E-state index in [0.29, 0.717) is 25.2 Å². The van der Waals surface area contributed by atoms with Crippen molar-refractivity contribution in [3.05, 3.63) is 24.7 Å². The van der Waals surface area contributed by atoms with E-state index in [1.54, 1.807) is 19.9 Å². The largest absolute Gasteiger partial charge is 0.467 e. The third kappa shape index (κ3) is 12.9. The lowest BCUT2D eigenvalue weighted by Gasteiger charge is -2.32. The molecule has 1 aliphatic heterocycles. The SMILES string of the molecule is C=CCO[C@@H]1CC(OCCCCCCCCCC)C/C(=C\OC(C)(C)O)O1. The lowest BCUT2D eigenvalue weighted by Crippen LogP contribution is -2.32. The van der Waals surface area contributed by atoms with Gasteiger partial charge >= 0.3 is 0 Å². The topological polar surface area (TPSA) is 57.2 Å². The van der Waals surface area contributed by atoms with Crippen molar-refractivity contribution in [3.63, 3.8) is 0 Å².